The summed E-state index contributed by atoms with van der Waals surface area (Å²) in [6.07, 6.45) is 4.37. The molecule has 3 aromatic rings. The number of aliphatic hydroxyl groups excluding tert-OH is 1. The summed E-state index contributed by atoms with van der Waals surface area (Å²) in [5.74, 6) is -0.376. The summed E-state index contributed by atoms with van der Waals surface area (Å²) in [5, 5.41) is 12.7. The molecule has 2 aromatic carbocycles. The van der Waals surface area contributed by atoms with Gasteiger partial charge in [-0.3, -0.25) is 20.1 Å². The maximum atomic E-state index is 12.5. The van der Waals surface area contributed by atoms with Crippen molar-refractivity contribution in [2.75, 3.05) is 11.9 Å². The Bertz CT molecular complexity index is 989. The zero-order valence-corrected chi connectivity index (χ0v) is 15.7. The third-order valence-electron chi connectivity index (χ3n) is 4.81. The van der Waals surface area contributed by atoms with Crippen LogP contribution in [0.3, 0.4) is 0 Å². The minimum Gasteiger partial charge on any atom is -0.395 e. The highest BCUT2D eigenvalue weighted by Gasteiger charge is 2.25. The first kappa shape index (κ1) is 18.9. The summed E-state index contributed by atoms with van der Waals surface area (Å²) in [7, 11) is 0. The molecular weight excluding hydrogens is 366 g/mol. The zero-order chi connectivity index (χ0) is 20.1. The maximum Gasteiger partial charge on any atom is 0.260 e. The van der Waals surface area contributed by atoms with Crippen molar-refractivity contribution in [3.05, 3.63) is 102 Å². The van der Waals surface area contributed by atoms with Crippen molar-refractivity contribution >= 4 is 17.3 Å². The van der Waals surface area contributed by atoms with Gasteiger partial charge in [-0.25, -0.2) is 0 Å². The van der Waals surface area contributed by atoms with Crippen LogP contribution in [0.4, 0.5) is 5.69 Å². The molecule has 1 amide bonds. The number of carbonyl (C=O) groups excluding carboxylic acids is 1. The van der Waals surface area contributed by atoms with Gasteiger partial charge in [-0.2, -0.15) is 0 Å². The minimum atomic E-state index is -0.737. The molecule has 29 heavy (non-hydrogen) atoms. The quantitative estimate of drug-likeness (QED) is 0.605. The Labute approximate surface area is 168 Å². The van der Waals surface area contributed by atoms with Gasteiger partial charge in [0.25, 0.3) is 5.91 Å². The molecule has 3 N–H and O–H groups in total. The first-order valence-corrected chi connectivity index (χ1v) is 9.35. The van der Waals surface area contributed by atoms with Gasteiger partial charge in [0, 0.05) is 29.6 Å². The average molecular weight is 387 g/mol. The minimum absolute atomic E-state index is 0.0131. The Balaban J connectivity index is 1.42. The molecule has 6 nitrogen and oxygen atoms in total. The Morgan fingerprint density at radius 1 is 1.07 bits per heavy atom. The number of nitrogens with one attached hydrogen (secondary N) is 2. The summed E-state index contributed by atoms with van der Waals surface area (Å²) in [6.45, 7) is 0.0131. The SMILES string of the molecule is O=C(Nc1ccc(C(CO)c2ccccc2)cc1)C1C=C(c2cccnc2)NO1. The second-order valence-electron chi connectivity index (χ2n) is 6.72. The lowest BCUT2D eigenvalue weighted by Gasteiger charge is -2.16. The van der Waals surface area contributed by atoms with Crippen LogP contribution in [0.1, 0.15) is 22.6 Å². The van der Waals surface area contributed by atoms with Crippen LogP contribution in [-0.4, -0.2) is 28.7 Å². The van der Waals surface area contributed by atoms with Crippen molar-refractivity contribution in [1.82, 2.24) is 10.5 Å². The molecule has 0 bridgehead atoms. The van der Waals surface area contributed by atoms with Gasteiger partial charge in [0.2, 0.25) is 0 Å². The number of hydrogen-bond donors (Lipinski definition) is 3. The lowest BCUT2D eigenvalue weighted by Crippen LogP contribution is -2.28. The fourth-order valence-corrected chi connectivity index (χ4v) is 3.25. The number of anilines is 1. The Morgan fingerprint density at radius 3 is 2.52 bits per heavy atom. The monoisotopic (exact) mass is 387 g/mol. The predicted octanol–water partition coefficient (Wildman–Crippen LogP) is 3.09. The number of pyridine rings is 1. The zero-order valence-electron chi connectivity index (χ0n) is 15.7. The number of hydrogen-bond acceptors (Lipinski definition) is 5. The molecule has 1 aliphatic heterocycles. The van der Waals surface area contributed by atoms with Gasteiger partial charge in [0.1, 0.15) is 0 Å². The number of benzene rings is 2. The first-order valence-electron chi connectivity index (χ1n) is 9.35. The molecule has 2 unspecified atom stereocenters. The number of hydroxylamine groups is 1. The number of aliphatic hydroxyl groups is 1. The lowest BCUT2D eigenvalue weighted by molar-refractivity contribution is -0.125. The topological polar surface area (TPSA) is 83.5 Å². The van der Waals surface area contributed by atoms with E-state index in [1.54, 1.807) is 18.5 Å². The molecule has 0 saturated carbocycles. The molecule has 0 fully saturated rings. The molecule has 1 aromatic heterocycles. The highest BCUT2D eigenvalue weighted by Crippen LogP contribution is 2.25. The second kappa shape index (κ2) is 8.68. The molecule has 1 aliphatic rings. The summed E-state index contributed by atoms with van der Waals surface area (Å²) >= 11 is 0. The van der Waals surface area contributed by atoms with Gasteiger partial charge < -0.3 is 10.4 Å². The predicted molar refractivity (Wildman–Crippen MR) is 111 cm³/mol. The second-order valence-corrected chi connectivity index (χ2v) is 6.72. The summed E-state index contributed by atoms with van der Waals surface area (Å²) < 4.78 is 0. The number of aromatic nitrogens is 1. The molecule has 0 radical (unpaired) electrons. The highest BCUT2D eigenvalue weighted by molar-refractivity contribution is 5.97. The van der Waals surface area contributed by atoms with Gasteiger partial charge in [-0.05, 0) is 41.5 Å². The number of carbonyl (C=O) groups is 1. The Hall–Kier alpha value is -3.48. The fraction of sp³-hybridized carbons (Fsp3) is 0.130. The van der Waals surface area contributed by atoms with Gasteiger partial charge >= 0.3 is 0 Å². The van der Waals surface area contributed by atoms with E-state index >= 15 is 0 Å². The van der Waals surface area contributed by atoms with E-state index in [0.717, 1.165) is 16.7 Å². The largest absolute Gasteiger partial charge is 0.395 e. The number of nitrogens with zero attached hydrogens (tertiary/aromatic N) is 1. The number of amides is 1. The van der Waals surface area contributed by atoms with E-state index in [1.807, 2.05) is 66.7 Å². The van der Waals surface area contributed by atoms with Crippen LogP contribution in [0.5, 0.6) is 0 Å². The maximum absolute atomic E-state index is 12.5. The Morgan fingerprint density at radius 2 is 1.83 bits per heavy atom. The van der Waals surface area contributed by atoms with Gasteiger partial charge in [0.15, 0.2) is 6.10 Å². The van der Waals surface area contributed by atoms with Crippen molar-refractivity contribution in [3.63, 3.8) is 0 Å². The smallest absolute Gasteiger partial charge is 0.260 e. The van der Waals surface area contributed by atoms with Gasteiger partial charge in [-0.15, -0.1) is 0 Å². The van der Waals surface area contributed by atoms with Crippen molar-refractivity contribution in [1.29, 1.82) is 0 Å². The van der Waals surface area contributed by atoms with Crippen LogP contribution in [0.25, 0.3) is 5.70 Å². The van der Waals surface area contributed by atoms with E-state index in [0.29, 0.717) is 11.4 Å². The van der Waals surface area contributed by atoms with Crippen LogP contribution in [0.15, 0.2) is 85.2 Å². The molecule has 2 heterocycles. The highest BCUT2D eigenvalue weighted by atomic mass is 16.7. The van der Waals surface area contributed by atoms with E-state index in [2.05, 4.69) is 15.8 Å². The van der Waals surface area contributed by atoms with Gasteiger partial charge in [-0.1, -0.05) is 42.5 Å². The van der Waals surface area contributed by atoms with Crippen molar-refractivity contribution < 1.29 is 14.7 Å². The van der Waals surface area contributed by atoms with Crippen LogP contribution < -0.4 is 10.8 Å². The standard InChI is InChI=1S/C23H21N3O3/c27-15-20(16-5-2-1-3-6-16)17-8-10-19(11-9-17)25-23(28)22-13-21(26-29-22)18-7-4-12-24-14-18/h1-14,20,22,26-27H,15H2,(H,25,28). The summed E-state index contributed by atoms with van der Waals surface area (Å²) in [6, 6.07) is 21.0. The number of rotatable bonds is 6. The third kappa shape index (κ3) is 4.34. The molecule has 0 saturated heterocycles. The van der Waals surface area contributed by atoms with E-state index in [4.69, 9.17) is 4.84 Å². The van der Waals surface area contributed by atoms with Crippen LogP contribution >= 0.6 is 0 Å². The van der Waals surface area contributed by atoms with Crippen molar-refractivity contribution in [2.24, 2.45) is 0 Å². The molecular formula is C23H21N3O3. The molecule has 0 aliphatic carbocycles. The van der Waals surface area contributed by atoms with Crippen molar-refractivity contribution in [2.45, 2.75) is 12.0 Å². The molecule has 146 valence electrons. The molecule has 4 rings (SSSR count). The summed E-state index contributed by atoms with van der Waals surface area (Å²) in [4.78, 5) is 22.0. The molecule has 6 heteroatoms. The third-order valence-corrected chi connectivity index (χ3v) is 4.81. The van der Waals surface area contributed by atoms with E-state index < -0.39 is 6.10 Å². The fourth-order valence-electron chi connectivity index (χ4n) is 3.25. The van der Waals surface area contributed by atoms with Crippen molar-refractivity contribution in [3.8, 4) is 0 Å². The molecule has 0 spiro atoms. The van der Waals surface area contributed by atoms with Crippen LogP contribution in [-0.2, 0) is 9.63 Å². The van der Waals surface area contributed by atoms with Crippen LogP contribution in [0.2, 0.25) is 0 Å². The van der Waals surface area contributed by atoms with E-state index in [9.17, 15) is 9.90 Å². The van der Waals surface area contributed by atoms with E-state index in [1.165, 1.54) is 0 Å². The Kier molecular flexibility index (Phi) is 5.65. The first-order chi connectivity index (χ1) is 14.2. The van der Waals surface area contributed by atoms with Crippen LogP contribution in [0, 0.1) is 0 Å². The lowest BCUT2D eigenvalue weighted by atomic mass is 9.92. The summed E-state index contributed by atoms with van der Waals surface area (Å²) in [5.41, 5.74) is 7.02. The van der Waals surface area contributed by atoms with Gasteiger partial charge in [0.05, 0.1) is 12.3 Å². The molecule has 2 atom stereocenters. The normalized spacial score (nSPS) is 16.6. The average Bonchev–Trinajstić information content (AvgIpc) is 3.27. The van der Waals surface area contributed by atoms with E-state index in [-0.39, 0.29) is 18.4 Å².